The third kappa shape index (κ3) is 2.04. The molecule has 2 aromatic carbocycles. The molecule has 110 valence electrons. The maximum atomic E-state index is 10.5. The first-order chi connectivity index (χ1) is 10.6. The topological polar surface area (TPSA) is 59.8 Å². The van der Waals surface area contributed by atoms with Crippen LogP contribution in [0.5, 0.6) is 5.75 Å². The van der Waals surface area contributed by atoms with Crippen LogP contribution in [0.2, 0.25) is 5.02 Å². The van der Waals surface area contributed by atoms with Gasteiger partial charge in [0.25, 0.3) is 0 Å². The van der Waals surface area contributed by atoms with Crippen LogP contribution in [0.25, 0.3) is 22.2 Å². The molecule has 3 nitrogen and oxygen atoms in total. The number of aromatic nitrogens is 1. The summed E-state index contributed by atoms with van der Waals surface area (Å²) in [6.07, 6.45) is 0.812. The minimum absolute atomic E-state index is 0.0225. The molecule has 1 heterocycles. The van der Waals surface area contributed by atoms with Crippen LogP contribution in [0.3, 0.4) is 0 Å². The number of phenols is 1. The Morgan fingerprint density at radius 1 is 1.32 bits per heavy atom. The van der Waals surface area contributed by atoms with Crippen molar-refractivity contribution in [3.05, 3.63) is 52.0 Å². The van der Waals surface area contributed by atoms with Gasteiger partial charge in [0.05, 0.1) is 11.3 Å². The summed E-state index contributed by atoms with van der Waals surface area (Å²) < 4.78 is 0. The molecule has 0 amide bonds. The van der Waals surface area contributed by atoms with Crippen LogP contribution in [-0.4, -0.2) is 10.1 Å². The van der Waals surface area contributed by atoms with Crippen LogP contribution < -0.4 is 0 Å². The van der Waals surface area contributed by atoms with Crippen LogP contribution in [0.1, 0.15) is 23.6 Å². The Balaban J connectivity index is 2.38. The van der Waals surface area contributed by atoms with E-state index in [0.717, 1.165) is 28.6 Å². The molecule has 0 aliphatic rings. The minimum Gasteiger partial charge on any atom is -0.506 e. The van der Waals surface area contributed by atoms with Crippen molar-refractivity contribution in [2.75, 3.05) is 0 Å². The van der Waals surface area contributed by atoms with Crippen LogP contribution in [0.4, 0.5) is 0 Å². The lowest BCUT2D eigenvalue weighted by Crippen LogP contribution is -1.92. The summed E-state index contributed by atoms with van der Waals surface area (Å²) in [5.74, 6) is -0.0225. The standard InChI is InChI=1S/C18H15ClN2O/c1-3-11-12-6-4-5-7-16(12)21-17(11)13-8-15(19)10(2)14(9-20)18(13)22/h4-8,21-22H,3H2,1-2H3. The lowest BCUT2D eigenvalue weighted by Gasteiger charge is -2.10. The van der Waals surface area contributed by atoms with Gasteiger partial charge in [0.1, 0.15) is 11.8 Å². The van der Waals surface area contributed by atoms with Crippen LogP contribution >= 0.6 is 11.6 Å². The molecule has 3 rings (SSSR count). The van der Waals surface area contributed by atoms with Gasteiger partial charge in [-0.15, -0.1) is 0 Å². The van der Waals surface area contributed by atoms with E-state index in [0.29, 0.717) is 16.1 Å². The van der Waals surface area contributed by atoms with E-state index >= 15 is 0 Å². The van der Waals surface area contributed by atoms with Crippen LogP contribution in [0, 0.1) is 18.3 Å². The number of phenolic OH excluding ortho intramolecular Hbond substituents is 1. The quantitative estimate of drug-likeness (QED) is 0.704. The number of nitriles is 1. The normalized spacial score (nSPS) is 10.8. The van der Waals surface area contributed by atoms with Gasteiger partial charge >= 0.3 is 0 Å². The number of nitrogens with one attached hydrogen (secondary N) is 1. The van der Waals surface area contributed by atoms with Crippen LogP contribution in [-0.2, 0) is 6.42 Å². The predicted molar refractivity (Wildman–Crippen MR) is 89.2 cm³/mol. The first kappa shape index (κ1) is 14.5. The molecule has 0 saturated heterocycles. The van der Waals surface area contributed by atoms with E-state index in [1.54, 1.807) is 13.0 Å². The summed E-state index contributed by atoms with van der Waals surface area (Å²) in [6.45, 7) is 3.80. The van der Waals surface area contributed by atoms with E-state index in [4.69, 9.17) is 11.6 Å². The second-order valence-corrected chi connectivity index (χ2v) is 5.65. The molecule has 0 spiro atoms. The molecule has 4 heteroatoms. The minimum atomic E-state index is -0.0225. The third-order valence-corrected chi connectivity index (χ3v) is 4.44. The molecule has 3 aromatic rings. The number of rotatable bonds is 2. The van der Waals surface area contributed by atoms with E-state index in [1.807, 2.05) is 30.3 Å². The largest absolute Gasteiger partial charge is 0.506 e. The fourth-order valence-corrected chi connectivity index (χ4v) is 3.06. The number of aromatic amines is 1. The van der Waals surface area contributed by atoms with Gasteiger partial charge in [-0.25, -0.2) is 0 Å². The van der Waals surface area contributed by atoms with Gasteiger partial charge in [0, 0.05) is 21.5 Å². The third-order valence-electron chi connectivity index (χ3n) is 4.04. The Bertz CT molecular complexity index is 919. The lowest BCUT2D eigenvalue weighted by molar-refractivity contribution is 0.475. The Morgan fingerprint density at radius 3 is 2.73 bits per heavy atom. The molecule has 0 bridgehead atoms. The fourth-order valence-electron chi connectivity index (χ4n) is 2.86. The number of aromatic hydroxyl groups is 1. The van der Waals surface area contributed by atoms with E-state index in [1.165, 1.54) is 0 Å². The summed E-state index contributed by atoms with van der Waals surface area (Å²) in [5, 5.41) is 21.4. The van der Waals surface area contributed by atoms with Gasteiger partial charge in [-0.1, -0.05) is 36.7 Å². The SMILES string of the molecule is CCc1c(-c2cc(Cl)c(C)c(C#N)c2O)[nH]c2ccccc12. The molecule has 1 aromatic heterocycles. The zero-order valence-corrected chi connectivity index (χ0v) is 13.1. The highest BCUT2D eigenvalue weighted by Gasteiger charge is 2.19. The zero-order valence-electron chi connectivity index (χ0n) is 12.4. The molecule has 0 radical (unpaired) electrons. The lowest BCUT2D eigenvalue weighted by atomic mass is 9.98. The molecule has 2 N–H and O–H groups in total. The summed E-state index contributed by atoms with van der Waals surface area (Å²) in [7, 11) is 0. The van der Waals surface area contributed by atoms with Crippen molar-refractivity contribution in [1.82, 2.24) is 4.98 Å². The number of hydrogen-bond donors (Lipinski definition) is 2. The van der Waals surface area contributed by atoms with Gasteiger partial charge in [0.2, 0.25) is 0 Å². The highest BCUT2D eigenvalue weighted by atomic mass is 35.5. The number of aryl methyl sites for hydroxylation is 1. The summed E-state index contributed by atoms with van der Waals surface area (Å²) in [5.41, 5.74) is 4.32. The molecule has 0 fully saturated rings. The average Bonchev–Trinajstić information content (AvgIpc) is 2.89. The van der Waals surface area contributed by atoms with Crippen molar-refractivity contribution in [3.8, 4) is 23.1 Å². The van der Waals surface area contributed by atoms with E-state index in [2.05, 4.69) is 11.9 Å². The van der Waals surface area contributed by atoms with Gasteiger partial charge < -0.3 is 10.1 Å². The maximum Gasteiger partial charge on any atom is 0.143 e. The molecule has 0 aliphatic heterocycles. The van der Waals surface area contributed by atoms with Crippen molar-refractivity contribution < 1.29 is 5.11 Å². The van der Waals surface area contributed by atoms with Gasteiger partial charge in [0.15, 0.2) is 0 Å². The smallest absolute Gasteiger partial charge is 0.143 e. The van der Waals surface area contributed by atoms with Gasteiger partial charge in [-0.2, -0.15) is 5.26 Å². The summed E-state index contributed by atoms with van der Waals surface area (Å²) >= 11 is 6.24. The van der Waals surface area contributed by atoms with E-state index < -0.39 is 0 Å². The summed E-state index contributed by atoms with van der Waals surface area (Å²) in [4.78, 5) is 3.34. The Kier molecular flexibility index (Phi) is 3.56. The summed E-state index contributed by atoms with van der Waals surface area (Å²) in [6, 6.07) is 11.8. The Morgan fingerprint density at radius 2 is 2.05 bits per heavy atom. The number of halogens is 1. The van der Waals surface area contributed by atoms with Crippen LogP contribution in [0.15, 0.2) is 30.3 Å². The molecule has 0 unspecified atom stereocenters. The zero-order chi connectivity index (χ0) is 15.9. The number of nitrogens with zero attached hydrogens (tertiary/aromatic N) is 1. The van der Waals surface area contributed by atoms with Crippen molar-refractivity contribution in [1.29, 1.82) is 5.26 Å². The predicted octanol–water partition coefficient (Wildman–Crippen LogP) is 4.94. The van der Waals surface area contributed by atoms with Gasteiger partial charge in [-0.3, -0.25) is 0 Å². The van der Waals surface area contributed by atoms with Crippen molar-refractivity contribution in [2.45, 2.75) is 20.3 Å². The van der Waals surface area contributed by atoms with E-state index in [9.17, 15) is 10.4 Å². The average molecular weight is 311 g/mol. The molecule has 0 aliphatic carbocycles. The molecular weight excluding hydrogens is 296 g/mol. The Hall–Kier alpha value is -2.44. The fraction of sp³-hybridized carbons (Fsp3) is 0.167. The molecule has 0 atom stereocenters. The van der Waals surface area contributed by atoms with Gasteiger partial charge in [-0.05, 0) is 36.6 Å². The highest BCUT2D eigenvalue weighted by Crippen LogP contribution is 2.40. The highest BCUT2D eigenvalue weighted by molar-refractivity contribution is 6.32. The molecular formula is C18H15ClN2O. The first-order valence-corrected chi connectivity index (χ1v) is 7.48. The number of fused-ring (bicyclic) bond motifs is 1. The second kappa shape index (κ2) is 5.40. The van der Waals surface area contributed by atoms with Crippen molar-refractivity contribution >= 4 is 22.5 Å². The van der Waals surface area contributed by atoms with E-state index in [-0.39, 0.29) is 11.3 Å². The number of hydrogen-bond acceptors (Lipinski definition) is 2. The maximum absolute atomic E-state index is 10.5. The molecule has 0 saturated carbocycles. The number of benzene rings is 2. The first-order valence-electron chi connectivity index (χ1n) is 7.10. The second-order valence-electron chi connectivity index (χ2n) is 5.24. The van der Waals surface area contributed by atoms with Crippen molar-refractivity contribution in [2.24, 2.45) is 0 Å². The Labute approximate surface area is 133 Å². The number of para-hydroxylation sites is 1. The van der Waals surface area contributed by atoms with Crippen molar-refractivity contribution in [3.63, 3.8) is 0 Å². The number of H-pyrrole nitrogens is 1. The monoisotopic (exact) mass is 310 g/mol. The molecule has 22 heavy (non-hydrogen) atoms.